The summed E-state index contributed by atoms with van der Waals surface area (Å²) in [6, 6.07) is 1.15. The molecule has 0 heterocycles. The Hall–Kier alpha value is -0.304. The van der Waals surface area contributed by atoms with Crippen molar-refractivity contribution >= 4 is 31.8 Å². The number of hydrogen-bond donors (Lipinski definition) is 0. The largest absolute Gasteiger partial charge is 0.979 e. The first-order valence-corrected chi connectivity index (χ1v) is 14.8. The van der Waals surface area contributed by atoms with Gasteiger partial charge in [0.2, 0.25) is 0 Å². The molecule has 1 aromatic rings. The molecule has 0 aliphatic rings. The second kappa shape index (κ2) is 6.85. The first-order valence-electron chi connectivity index (χ1n) is 6.54. The van der Waals surface area contributed by atoms with Crippen LogP contribution in [0.4, 0.5) is 13.2 Å². The van der Waals surface area contributed by atoms with Gasteiger partial charge in [0.15, 0.2) is 34.0 Å². The second-order valence-electron chi connectivity index (χ2n) is 6.57. The molecule has 0 fully saturated rings. The summed E-state index contributed by atoms with van der Waals surface area (Å²) in [5.41, 5.74) is 0. The molecule has 0 saturated carbocycles. The maximum atomic E-state index is 13.7. The molecular formula is C12H20AlF3O3Si2. The zero-order valence-corrected chi connectivity index (χ0v) is 16.2. The summed E-state index contributed by atoms with van der Waals surface area (Å²) < 4.78 is 57.2. The predicted molar refractivity (Wildman–Crippen MR) is 81.6 cm³/mol. The minimum atomic E-state index is -2.76. The maximum absolute atomic E-state index is 13.7. The van der Waals surface area contributed by atoms with Crippen LogP contribution in [-0.4, -0.2) is 31.8 Å². The van der Waals surface area contributed by atoms with Crippen molar-refractivity contribution in [3.63, 3.8) is 0 Å². The quantitative estimate of drug-likeness (QED) is 0.719. The van der Waals surface area contributed by atoms with Gasteiger partial charge in [-0.15, -0.1) is 0 Å². The van der Waals surface area contributed by atoms with Gasteiger partial charge in [0.05, 0.1) is 0 Å². The Bertz CT molecular complexity index is 464. The lowest BCUT2D eigenvalue weighted by atomic mass is 10.3. The molecule has 0 amide bonds. The number of rotatable bonds is 6. The molecule has 118 valence electrons. The molecular weight excluding hydrogens is 332 g/mol. The summed E-state index contributed by atoms with van der Waals surface area (Å²) in [6.45, 7) is 11.6. The maximum Gasteiger partial charge on any atom is 0.979 e. The Kier molecular flexibility index (Phi) is 6.12. The van der Waals surface area contributed by atoms with Gasteiger partial charge >= 0.3 is 15.1 Å². The molecule has 0 N–H and O–H groups in total. The van der Waals surface area contributed by atoms with E-state index >= 15 is 0 Å². The number of benzene rings is 1. The van der Waals surface area contributed by atoms with E-state index in [2.05, 4.69) is 0 Å². The van der Waals surface area contributed by atoms with Crippen molar-refractivity contribution < 1.29 is 23.9 Å². The molecule has 1 aromatic carbocycles. The van der Waals surface area contributed by atoms with Crippen molar-refractivity contribution in [3.8, 4) is 5.75 Å². The fourth-order valence-corrected chi connectivity index (χ4v) is 7.43. The van der Waals surface area contributed by atoms with Crippen LogP contribution < -0.4 is 3.79 Å². The van der Waals surface area contributed by atoms with E-state index in [9.17, 15) is 13.2 Å². The van der Waals surface area contributed by atoms with Gasteiger partial charge in [0.1, 0.15) is 5.82 Å². The molecule has 0 unspecified atom stereocenters. The van der Waals surface area contributed by atoms with Crippen LogP contribution in [0.15, 0.2) is 12.1 Å². The summed E-state index contributed by atoms with van der Waals surface area (Å²) in [5.74, 6) is -3.82. The smallest absolute Gasteiger partial charge is 0.595 e. The van der Waals surface area contributed by atoms with Crippen molar-refractivity contribution in [1.29, 1.82) is 0 Å². The average Bonchev–Trinajstić information content (AvgIpc) is 2.18. The zero-order valence-electron chi connectivity index (χ0n) is 13.1. The lowest BCUT2D eigenvalue weighted by Gasteiger charge is -2.28. The first-order chi connectivity index (χ1) is 9.37. The van der Waals surface area contributed by atoms with Crippen LogP contribution in [0.2, 0.25) is 39.3 Å². The topological polar surface area (TPSA) is 27.7 Å². The van der Waals surface area contributed by atoms with E-state index in [1.807, 2.05) is 39.3 Å². The Morgan fingerprint density at radius 2 is 1.19 bits per heavy atom. The summed E-state index contributed by atoms with van der Waals surface area (Å²) in [5, 5.41) is 0. The van der Waals surface area contributed by atoms with Crippen LogP contribution in [0.1, 0.15) is 0 Å². The molecule has 21 heavy (non-hydrogen) atoms. The molecule has 0 spiro atoms. The van der Waals surface area contributed by atoms with E-state index in [0.29, 0.717) is 12.1 Å². The summed E-state index contributed by atoms with van der Waals surface area (Å²) in [4.78, 5) is 0. The van der Waals surface area contributed by atoms with Crippen molar-refractivity contribution in [2.75, 3.05) is 0 Å². The van der Waals surface area contributed by atoms with Gasteiger partial charge < -0.3 is 10.7 Å². The van der Waals surface area contributed by atoms with Crippen molar-refractivity contribution in [2.24, 2.45) is 0 Å². The monoisotopic (exact) mass is 352 g/mol. The molecule has 0 saturated heterocycles. The van der Waals surface area contributed by atoms with Crippen LogP contribution in [0.25, 0.3) is 0 Å². The summed E-state index contributed by atoms with van der Waals surface area (Å²) >= 11 is -2.76. The van der Waals surface area contributed by atoms with Gasteiger partial charge in [-0.2, -0.15) is 0 Å². The van der Waals surface area contributed by atoms with Gasteiger partial charge in [-0.05, 0) is 39.3 Å². The number of hydrogen-bond acceptors (Lipinski definition) is 3. The Balaban J connectivity index is 3.01. The van der Waals surface area contributed by atoms with Crippen molar-refractivity contribution in [1.82, 2.24) is 0 Å². The zero-order chi connectivity index (χ0) is 16.4. The normalized spacial score (nSPS) is 12.4. The molecule has 3 nitrogen and oxygen atoms in total. The van der Waals surface area contributed by atoms with Crippen LogP contribution in [-0.2, 0) is 6.96 Å². The average molecular weight is 352 g/mol. The highest BCUT2D eigenvalue weighted by atomic mass is 28.4. The van der Waals surface area contributed by atoms with Crippen LogP contribution in [0.5, 0.6) is 5.75 Å². The van der Waals surface area contributed by atoms with Crippen LogP contribution in [0, 0.1) is 17.5 Å². The van der Waals surface area contributed by atoms with Crippen molar-refractivity contribution in [2.45, 2.75) is 39.3 Å². The molecule has 0 atom stereocenters. The highest BCUT2D eigenvalue weighted by Crippen LogP contribution is 2.25. The Labute approximate surface area is 130 Å². The SMILES string of the molecule is C[Si](C)(C)[O][Al]([O]c1c(F)cc(F)cc1F)[O][Si](C)(C)C. The minimum absolute atomic E-state index is 0.576. The molecule has 0 aromatic heterocycles. The summed E-state index contributed by atoms with van der Waals surface area (Å²) in [7, 11) is -4.01. The predicted octanol–water partition coefficient (Wildman–Crippen LogP) is 4.17. The molecule has 0 aliphatic heterocycles. The molecule has 0 bridgehead atoms. The Morgan fingerprint density at radius 1 is 0.810 bits per heavy atom. The standard InChI is InChI=1S/C6H3F3O.2C3H9OSi.Al/c7-3-1-4(8)6(10)5(9)2-3;2*1-5(2,3)4;/h1-2,10H;2*1-3H3;/q;2*-1;+3/p-1. The molecule has 0 radical (unpaired) electrons. The third kappa shape index (κ3) is 6.99. The Morgan fingerprint density at radius 3 is 1.52 bits per heavy atom. The van der Waals surface area contributed by atoms with Crippen LogP contribution >= 0.6 is 0 Å². The van der Waals surface area contributed by atoms with E-state index in [-0.39, 0.29) is 0 Å². The first kappa shape index (κ1) is 18.7. The lowest BCUT2D eigenvalue weighted by Crippen LogP contribution is -2.47. The molecule has 1 rings (SSSR count). The van der Waals surface area contributed by atoms with Crippen LogP contribution in [0.3, 0.4) is 0 Å². The third-order valence-electron chi connectivity index (χ3n) is 2.08. The second-order valence-corrected chi connectivity index (χ2v) is 17.7. The summed E-state index contributed by atoms with van der Waals surface area (Å²) in [6.07, 6.45) is 0. The van der Waals surface area contributed by atoms with Gasteiger partial charge in [0, 0.05) is 12.1 Å². The molecule has 9 heteroatoms. The fraction of sp³-hybridized carbons (Fsp3) is 0.500. The highest BCUT2D eigenvalue weighted by Gasteiger charge is 2.44. The third-order valence-corrected chi connectivity index (χ3v) is 9.70. The number of halogens is 3. The fourth-order valence-electron chi connectivity index (χ4n) is 1.39. The van der Waals surface area contributed by atoms with E-state index < -0.39 is 55.0 Å². The minimum Gasteiger partial charge on any atom is -0.595 e. The van der Waals surface area contributed by atoms with Gasteiger partial charge in [-0.3, -0.25) is 0 Å². The van der Waals surface area contributed by atoms with E-state index in [1.54, 1.807) is 0 Å². The van der Waals surface area contributed by atoms with Gasteiger partial charge in [0.25, 0.3) is 0 Å². The van der Waals surface area contributed by atoms with E-state index in [1.165, 1.54) is 0 Å². The highest BCUT2D eigenvalue weighted by molar-refractivity contribution is 6.79. The van der Waals surface area contributed by atoms with E-state index in [0.717, 1.165) is 0 Å². The van der Waals surface area contributed by atoms with Crippen molar-refractivity contribution in [3.05, 3.63) is 29.6 Å². The lowest BCUT2D eigenvalue weighted by molar-refractivity contribution is 0.286. The van der Waals surface area contributed by atoms with Gasteiger partial charge in [-0.1, -0.05) is 0 Å². The van der Waals surface area contributed by atoms with E-state index in [4.69, 9.17) is 10.7 Å². The molecule has 0 aliphatic carbocycles. The van der Waals surface area contributed by atoms with Gasteiger partial charge in [-0.25, -0.2) is 13.2 Å².